The lowest BCUT2D eigenvalue weighted by atomic mass is 9.85. The molecule has 0 bridgehead atoms. The molecule has 0 radical (unpaired) electrons. The van der Waals surface area contributed by atoms with Crippen molar-refractivity contribution in [2.75, 3.05) is 0 Å². The van der Waals surface area contributed by atoms with Crippen LogP contribution < -0.4 is 5.32 Å². The SMILES string of the molecule is CCn1ccnc1CNC(CC(C)(C)C)c1ccccc1. The summed E-state index contributed by atoms with van der Waals surface area (Å²) >= 11 is 0. The number of rotatable bonds is 6. The van der Waals surface area contributed by atoms with Crippen LogP contribution in [-0.4, -0.2) is 9.55 Å². The number of imidazole rings is 1. The number of hydrogen-bond acceptors (Lipinski definition) is 2. The zero-order valence-corrected chi connectivity index (χ0v) is 13.6. The molecule has 1 aromatic heterocycles. The number of aromatic nitrogens is 2. The number of hydrogen-bond donors (Lipinski definition) is 1. The molecule has 0 amide bonds. The van der Waals surface area contributed by atoms with Crippen LogP contribution in [0.15, 0.2) is 42.7 Å². The van der Waals surface area contributed by atoms with Gasteiger partial charge in [0.2, 0.25) is 0 Å². The third kappa shape index (κ3) is 4.71. The van der Waals surface area contributed by atoms with Gasteiger partial charge in [-0.25, -0.2) is 4.98 Å². The highest BCUT2D eigenvalue weighted by molar-refractivity contribution is 5.19. The Hall–Kier alpha value is -1.61. The highest BCUT2D eigenvalue weighted by atomic mass is 15.1. The van der Waals surface area contributed by atoms with Gasteiger partial charge in [-0.05, 0) is 24.3 Å². The van der Waals surface area contributed by atoms with Crippen molar-refractivity contribution in [3.05, 3.63) is 54.1 Å². The van der Waals surface area contributed by atoms with Crippen LogP contribution in [0.3, 0.4) is 0 Å². The Kier molecular flexibility index (Phi) is 5.18. The molecule has 1 unspecified atom stereocenters. The largest absolute Gasteiger partial charge is 0.334 e. The Bertz CT molecular complexity index is 537. The summed E-state index contributed by atoms with van der Waals surface area (Å²) in [5, 5.41) is 3.69. The molecule has 2 aromatic rings. The van der Waals surface area contributed by atoms with Crippen LogP contribution in [0.2, 0.25) is 0 Å². The molecule has 0 aliphatic carbocycles. The fraction of sp³-hybridized carbons (Fsp3) is 0.500. The summed E-state index contributed by atoms with van der Waals surface area (Å²) in [6.07, 6.45) is 5.02. The predicted octanol–water partition coefficient (Wildman–Crippen LogP) is 4.17. The van der Waals surface area contributed by atoms with Crippen molar-refractivity contribution in [2.24, 2.45) is 5.41 Å². The monoisotopic (exact) mass is 285 g/mol. The van der Waals surface area contributed by atoms with Crippen LogP contribution in [0.5, 0.6) is 0 Å². The fourth-order valence-electron chi connectivity index (χ4n) is 2.62. The Balaban J connectivity index is 2.09. The van der Waals surface area contributed by atoms with Gasteiger partial charge in [-0.15, -0.1) is 0 Å². The average Bonchev–Trinajstić information content (AvgIpc) is 2.90. The summed E-state index contributed by atoms with van der Waals surface area (Å²) in [6, 6.07) is 11.1. The number of nitrogens with one attached hydrogen (secondary N) is 1. The topological polar surface area (TPSA) is 29.9 Å². The molecule has 1 aromatic carbocycles. The third-order valence-electron chi connectivity index (χ3n) is 3.67. The first-order valence-electron chi connectivity index (χ1n) is 7.78. The number of nitrogens with zero attached hydrogens (tertiary/aromatic N) is 2. The summed E-state index contributed by atoms with van der Waals surface area (Å²) in [5.41, 5.74) is 1.63. The van der Waals surface area contributed by atoms with E-state index in [2.05, 4.69) is 72.9 Å². The molecule has 0 aliphatic heterocycles. The maximum Gasteiger partial charge on any atom is 0.122 e. The van der Waals surface area contributed by atoms with Crippen LogP contribution in [0.1, 0.15) is 51.5 Å². The van der Waals surface area contributed by atoms with Crippen molar-refractivity contribution in [3.8, 4) is 0 Å². The lowest BCUT2D eigenvalue weighted by Gasteiger charge is -2.27. The van der Waals surface area contributed by atoms with E-state index < -0.39 is 0 Å². The van der Waals surface area contributed by atoms with E-state index in [1.54, 1.807) is 0 Å². The van der Waals surface area contributed by atoms with Crippen molar-refractivity contribution in [3.63, 3.8) is 0 Å². The summed E-state index contributed by atoms with van der Waals surface area (Å²) in [6.45, 7) is 10.8. The predicted molar refractivity (Wildman–Crippen MR) is 88.0 cm³/mol. The van der Waals surface area contributed by atoms with E-state index in [0.29, 0.717) is 6.04 Å². The van der Waals surface area contributed by atoms with Crippen LogP contribution >= 0.6 is 0 Å². The van der Waals surface area contributed by atoms with Gasteiger partial charge < -0.3 is 9.88 Å². The quantitative estimate of drug-likeness (QED) is 0.863. The van der Waals surface area contributed by atoms with Crippen LogP contribution in [0.4, 0.5) is 0 Å². The molecular weight excluding hydrogens is 258 g/mol. The molecule has 1 heterocycles. The van der Waals surface area contributed by atoms with Gasteiger partial charge in [-0.2, -0.15) is 0 Å². The first-order valence-corrected chi connectivity index (χ1v) is 7.78. The molecular formula is C18H27N3. The Morgan fingerprint density at radius 1 is 1.19 bits per heavy atom. The highest BCUT2D eigenvalue weighted by Crippen LogP contribution is 2.29. The zero-order chi connectivity index (χ0) is 15.3. The molecule has 1 N–H and O–H groups in total. The van der Waals surface area contributed by atoms with E-state index in [1.165, 1.54) is 5.56 Å². The van der Waals surface area contributed by atoms with Gasteiger partial charge in [-0.3, -0.25) is 0 Å². The number of aryl methyl sites for hydroxylation is 1. The molecule has 2 rings (SSSR count). The minimum atomic E-state index is 0.285. The first-order chi connectivity index (χ1) is 9.99. The van der Waals surface area contributed by atoms with E-state index in [4.69, 9.17) is 0 Å². The van der Waals surface area contributed by atoms with Gasteiger partial charge in [0.05, 0.1) is 6.54 Å². The molecule has 0 saturated heterocycles. The molecule has 3 nitrogen and oxygen atoms in total. The summed E-state index contributed by atoms with van der Waals surface area (Å²) in [7, 11) is 0. The highest BCUT2D eigenvalue weighted by Gasteiger charge is 2.20. The van der Waals surface area contributed by atoms with Crippen molar-refractivity contribution in [1.82, 2.24) is 14.9 Å². The van der Waals surface area contributed by atoms with Crippen LogP contribution in [0.25, 0.3) is 0 Å². The number of benzene rings is 1. The fourth-order valence-corrected chi connectivity index (χ4v) is 2.62. The molecule has 3 heteroatoms. The summed E-state index contributed by atoms with van der Waals surface area (Å²) < 4.78 is 2.19. The van der Waals surface area contributed by atoms with Gasteiger partial charge >= 0.3 is 0 Å². The normalized spacial score (nSPS) is 13.3. The van der Waals surface area contributed by atoms with E-state index in [1.807, 2.05) is 12.4 Å². The van der Waals surface area contributed by atoms with E-state index >= 15 is 0 Å². The van der Waals surface area contributed by atoms with Gasteiger partial charge in [0, 0.05) is 25.0 Å². The Morgan fingerprint density at radius 2 is 1.90 bits per heavy atom. The minimum Gasteiger partial charge on any atom is -0.334 e. The maximum absolute atomic E-state index is 4.45. The average molecular weight is 285 g/mol. The maximum atomic E-state index is 4.45. The Morgan fingerprint density at radius 3 is 2.52 bits per heavy atom. The van der Waals surface area contributed by atoms with Crippen LogP contribution in [-0.2, 0) is 13.1 Å². The minimum absolute atomic E-state index is 0.285. The molecule has 0 saturated carbocycles. The Labute approximate surface area is 128 Å². The van der Waals surface area contributed by atoms with Gasteiger partial charge in [0.25, 0.3) is 0 Å². The molecule has 0 aliphatic rings. The second kappa shape index (κ2) is 6.90. The van der Waals surface area contributed by atoms with Crippen molar-refractivity contribution in [2.45, 2.75) is 53.2 Å². The molecule has 0 spiro atoms. The smallest absolute Gasteiger partial charge is 0.122 e. The molecule has 1 atom stereocenters. The van der Waals surface area contributed by atoms with Crippen LogP contribution in [0, 0.1) is 5.41 Å². The second-order valence-corrected chi connectivity index (χ2v) is 6.74. The lowest BCUT2D eigenvalue weighted by Crippen LogP contribution is -2.26. The molecule has 114 valence electrons. The third-order valence-corrected chi connectivity index (χ3v) is 3.67. The second-order valence-electron chi connectivity index (χ2n) is 6.74. The van der Waals surface area contributed by atoms with Gasteiger partial charge in [0.1, 0.15) is 5.82 Å². The van der Waals surface area contributed by atoms with E-state index in [-0.39, 0.29) is 5.41 Å². The summed E-state index contributed by atoms with van der Waals surface area (Å²) in [5.74, 6) is 1.10. The van der Waals surface area contributed by atoms with E-state index in [0.717, 1.165) is 25.3 Å². The lowest BCUT2D eigenvalue weighted by molar-refractivity contribution is 0.308. The molecule has 21 heavy (non-hydrogen) atoms. The van der Waals surface area contributed by atoms with Crippen molar-refractivity contribution >= 4 is 0 Å². The van der Waals surface area contributed by atoms with Gasteiger partial charge in [0.15, 0.2) is 0 Å². The zero-order valence-electron chi connectivity index (χ0n) is 13.6. The molecule has 0 fully saturated rings. The summed E-state index contributed by atoms with van der Waals surface area (Å²) in [4.78, 5) is 4.45. The van der Waals surface area contributed by atoms with Crippen molar-refractivity contribution in [1.29, 1.82) is 0 Å². The first kappa shape index (κ1) is 15.8. The van der Waals surface area contributed by atoms with Crippen molar-refractivity contribution < 1.29 is 0 Å². The van der Waals surface area contributed by atoms with Gasteiger partial charge in [-0.1, -0.05) is 51.1 Å². The standard InChI is InChI=1S/C18H27N3/c1-5-21-12-11-19-17(21)14-20-16(13-18(2,3)4)15-9-7-6-8-10-15/h6-12,16,20H,5,13-14H2,1-4H3. The van der Waals surface area contributed by atoms with E-state index in [9.17, 15) is 0 Å².